The molecule has 1 saturated carbocycles. The molecule has 0 aromatic heterocycles. The molecule has 1 fully saturated rings. The summed E-state index contributed by atoms with van der Waals surface area (Å²) in [4.78, 5) is 23.5. The molecule has 0 spiro atoms. The molecule has 1 aromatic rings. The van der Waals surface area contributed by atoms with Crippen molar-refractivity contribution < 1.29 is 19.4 Å². The van der Waals surface area contributed by atoms with Crippen LogP contribution in [0.15, 0.2) is 42.5 Å². The third-order valence-corrected chi connectivity index (χ3v) is 4.24. The molecular weight excluding hydrogens is 256 g/mol. The molecule has 0 radical (unpaired) electrons. The lowest BCUT2D eigenvalue weighted by molar-refractivity contribution is -0.159. The van der Waals surface area contributed by atoms with Crippen molar-refractivity contribution in [2.24, 2.45) is 23.7 Å². The lowest BCUT2D eigenvalue weighted by atomic mass is 9.83. The van der Waals surface area contributed by atoms with Gasteiger partial charge in [0.2, 0.25) is 0 Å². The second-order valence-electron chi connectivity index (χ2n) is 5.43. The van der Waals surface area contributed by atoms with Crippen LogP contribution in [-0.2, 0) is 20.9 Å². The first-order valence-corrected chi connectivity index (χ1v) is 6.78. The lowest BCUT2D eigenvalue weighted by Gasteiger charge is -2.23. The van der Waals surface area contributed by atoms with E-state index >= 15 is 0 Å². The number of rotatable bonds is 4. The van der Waals surface area contributed by atoms with E-state index in [1.54, 1.807) is 0 Å². The van der Waals surface area contributed by atoms with Gasteiger partial charge >= 0.3 is 11.9 Å². The minimum absolute atomic E-state index is 0.0179. The summed E-state index contributed by atoms with van der Waals surface area (Å²) in [7, 11) is 0. The molecular formula is C16H16O4. The summed E-state index contributed by atoms with van der Waals surface area (Å²) >= 11 is 0. The van der Waals surface area contributed by atoms with Crippen molar-refractivity contribution in [1.29, 1.82) is 0 Å². The van der Waals surface area contributed by atoms with Crippen LogP contribution in [0, 0.1) is 23.7 Å². The van der Waals surface area contributed by atoms with Gasteiger partial charge in [-0.25, -0.2) is 0 Å². The Morgan fingerprint density at radius 3 is 2.40 bits per heavy atom. The van der Waals surface area contributed by atoms with Crippen LogP contribution in [0.1, 0.15) is 12.0 Å². The van der Waals surface area contributed by atoms with Gasteiger partial charge < -0.3 is 9.84 Å². The minimum Gasteiger partial charge on any atom is -0.481 e. The van der Waals surface area contributed by atoms with E-state index in [0.717, 1.165) is 12.0 Å². The van der Waals surface area contributed by atoms with Crippen molar-refractivity contribution >= 4 is 11.9 Å². The second kappa shape index (κ2) is 5.12. The fraction of sp³-hybridized carbons (Fsp3) is 0.375. The molecule has 0 amide bonds. The van der Waals surface area contributed by atoms with Gasteiger partial charge in [0.05, 0.1) is 11.8 Å². The second-order valence-corrected chi connectivity index (χ2v) is 5.43. The number of ether oxygens (including phenoxy) is 1. The summed E-state index contributed by atoms with van der Waals surface area (Å²) in [5.74, 6) is -2.46. The first-order valence-electron chi connectivity index (χ1n) is 6.78. The predicted octanol–water partition coefficient (Wildman–Crippen LogP) is 2.25. The molecule has 4 heteroatoms. The van der Waals surface area contributed by atoms with Crippen molar-refractivity contribution in [3.8, 4) is 0 Å². The maximum atomic E-state index is 12.2. The molecule has 0 unspecified atom stereocenters. The average Bonchev–Trinajstić information content (AvgIpc) is 3.06. The van der Waals surface area contributed by atoms with Crippen LogP contribution in [0.2, 0.25) is 0 Å². The summed E-state index contributed by atoms with van der Waals surface area (Å²) in [5.41, 5.74) is 0.909. The summed E-state index contributed by atoms with van der Waals surface area (Å²) in [6.07, 6.45) is 4.63. The van der Waals surface area contributed by atoms with Gasteiger partial charge in [-0.15, -0.1) is 0 Å². The normalized spacial score (nSPS) is 30.4. The number of carboxylic acid groups (broad SMARTS) is 1. The first kappa shape index (κ1) is 12.9. The van der Waals surface area contributed by atoms with E-state index in [4.69, 9.17) is 4.74 Å². The Balaban J connectivity index is 1.68. The van der Waals surface area contributed by atoms with Gasteiger partial charge in [0, 0.05) is 0 Å². The molecule has 3 rings (SSSR count). The van der Waals surface area contributed by atoms with Crippen molar-refractivity contribution in [3.05, 3.63) is 48.0 Å². The number of carboxylic acids is 1. The fourth-order valence-corrected chi connectivity index (χ4v) is 3.31. The summed E-state index contributed by atoms with van der Waals surface area (Å²) in [5, 5.41) is 9.30. The first-order chi connectivity index (χ1) is 9.66. The Labute approximate surface area is 117 Å². The molecule has 2 aliphatic rings. The zero-order valence-corrected chi connectivity index (χ0v) is 10.9. The number of aliphatic carboxylic acids is 1. The molecule has 4 atom stereocenters. The van der Waals surface area contributed by atoms with Crippen LogP contribution in [0.4, 0.5) is 0 Å². The minimum atomic E-state index is -0.900. The molecule has 104 valence electrons. The number of fused-ring (bicyclic) bond motifs is 2. The third-order valence-electron chi connectivity index (χ3n) is 4.24. The zero-order valence-electron chi connectivity index (χ0n) is 10.9. The van der Waals surface area contributed by atoms with Gasteiger partial charge in [-0.2, -0.15) is 0 Å². The van der Waals surface area contributed by atoms with Crippen LogP contribution in [0.5, 0.6) is 0 Å². The highest BCUT2D eigenvalue weighted by Crippen LogP contribution is 2.48. The van der Waals surface area contributed by atoms with Crippen LogP contribution >= 0.6 is 0 Å². The fourth-order valence-electron chi connectivity index (χ4n) is 3.31. The van der Waals surface area contributed by atoms with Gasteiger partial charge in [-0.1, -0.05) is 42.5 Å². The molecule has 20 heavy (non-hydrogen) atoms. The number of esters is 1. The summed E-state index contributed by atoms with van der Waals surface area (Å²) < 4.78 is 5.31. The van der Waals surface area contributed by atoms with Crippen LogP contribution in [0.25, 0.3) is 0 Å². The van der Waals surface area contributed by atoms with E-state index in [9.17, 15) is 14.7 Å². The van der Waals surface area contributed by atoms with Crippen molar-refractivity contribution in [2.75, 3.05) is 0 Å². The molecule has 4 nitrogen and oxygen atoms in total. The number of allylic oxidation sites excluding steroid dienone is 2. The molecule has 0 aliphatic heterocycles. The van der Waals surface area contributed by atoms with E-state index in [2.05, 4.69) is 0 Å². The van der Waals surface area contributed by atoms with Gasteiger partial charge in [-0.05, 0) is 23.8 Å². The lowest BCUT2D eigenvalue weighted by Crippen LogP contribution is -2.34. The molecule has 0 heterocycles. The average molecular weight is 272 g/mol. The third kappa shape index (κ3) is 2.22. The summed E-state index contributed by atoms with van der Waals surface area (Å²) in [6, 6.07) is 9.41. The van der Waals surface area contributed by atoms with Crippen molar-refractivity contribution in [2.45, 2.75) is 13.0 Å². The summed E-state index contributed by atoms with van der Waals surface area (Å²) in [6.45, 7) is 0.198. The number of hydrogen-bond donors (Lipinski definition) is 1. The largest absolute Gasteiger partial charge is 0.481 e. The monoisotopic (exact) mass is 272 g/mol. The Bertz CT molecular complexity index is 549. The molecule has 2 bridgehead atoms. The van der Waals surface area contributed by atoms with Crippen LogP contribution in [-0.4, -0.2) is 17.0 Å². The highest BCUT2D eigenvalue weighted by atomic mass is 16.5. The zero-order chi connectivity index (χ0) is 14.1. The highest BCUT2D eigenvalue weighted by Gasteiger charge is 2.52. The Hall–Kier alpha value is -2.10. The number of carbonyl (C=O) groups excluding carboxylic acids is 1. The van der Waals surface area contributed by atoms with Crippen LogP contribution < -0.4 is 0 Å². The number of carbonyl (C=O) groups is 2. The van der Waals surface area contributed by atoms with Gasteiger partial charge in [0.25, 0.3) is 0 Å². The maximum Gasteiger partial charge on any atom is 0.310 e. The maximum absolute atomic E-state index is 12.2. The van der Waals surface area contributed by atoms with Gasteiger partial charge in [-0.3, -0.25) is 9.59 Å². The molecule has 0 saturated heterocycles. The van der Waals surface area contributed by atoms with Crippen molar-refractivity contribution in [3.63, 3.8) is 0 Å². The Kier molecular flexibility index (Phi) is 3.30. The van der Waals surface area contributed by atoms with Gasteiger partial charge in [0.1, 0.15) is 6.61 Å². The van der Waals surface area contributed by atoms with E-state index in [-0.39, 0.29) is 18.4 Å². The number of hydrogen-bond acceptors (Lipinski definition) is 3. The van der Waals surface area contributed by atoms with E-state index in [1.165, 1.54) is 0 Å². The molecule has 1 aromatic carbocycles. The molecule has 2 aliphatic carbocycles. The standard InChI is InChI=1S/C16H16O4/c17-15(18)13-11-6-7-12(8-11)14(13)16(19)20-9-10-4-2-1-3-5-10/h1-7,11-14H,8-9H2,(H,17,18)/t11-,12+,13+,14+/m1/s1. The van der Waals surface area contributed by atoms with E-state index < -0.39 is 23.8 Å². The van der Waals surface area contributed by atoms with E-state index in [0.29, 0.717) is 0 Å². The highest BCUT2D eigenvalue weighted by molar-refractivity contribution is 5.83. The number of benzene rings is 1. The predicted molar refractivity (Wildman–Crippen MR) is 71.6 cm³/mol. The van der Waals surface area contributed by atoms with Crippen molar-refractivity contribution in [1.82, 2.24) is 0 Å². The Morgan fingerprint density at radius 2 is 1.75 bits per heavy atom. The topological polar surface area (TPSA) is 63.6 Å². The van der Waals surface area contributed by atoms with Gasteiger partial charge in [0.15, 0.2) is 0 Å². The van der Waals surface area contributed by atoms with Crippen LogP contribution in [0.3, 0.4) is 0 Å². The smallest absolute Gasteiger partial charge is 0.310 e. The SMILES string of the molecule is O=C(O)[C@@H]1[C@@H](C(=O)OCc2ccccc2)[C@H]2C=C[C@@H]1C2. The Morgan fingerprint density at radius 1 is 1.10 bits per heavy atom. The quantitative estimate of drug-likeness (QED) is 0.674. The van der Waals surface area contributed by atoms with E-state index in [1.807, 2.05) is 42.5 Å². The molecule has 1 N–H and O–H groups in total.